The van der Waals surface area contributed by atoms with Crippen LogP contribution >= 0.6 is 23.2 Å². The average molecular weight is 262 g/mol. The van der Waals surface area contributed by atoms with Crippen molar-refractivity contribution in [3.05, 3.63) is 33.8 Å². The van der Waals surface area contributed by atoms with Gasteiger partial charge >= 0.3 is 5.97 Å². The summed E-state index contributed by atoms with van der Waals surface area (Å²) in [4.78, 5) is 22.1. The van der Waals surface area contributed by atoms with Crippen LogP contribution in [0.3, 0.4) is 0 Å². The summed E-state index contributed by atoms with van der Waals surface area (Å²) in [6, 6.07) is 3.35. The SMILES string of the molecule is CC(NC(=O)c1cc(Cl)cc(Cl)c1)C(=O)O. The Hall–Kier alpha value is -1.26. The molecule has 2 N–H and O–H groups in total. The highest BCUT2D eigenvalue weighted by Gasteiger charge is 2.15. The Balaban J connectivity index is 2.84. The Morgan fingerprint density at radius 1 is 1.25 bits per heavy atom. The fourth-order valence-corrected chi connectivity index (χ4v) is 1.55. The highest BCUT2D eigenvalue weighted by Crippen LogP contribution is 2.18. The van der Waals surface area contributed by atoms with Gasteiger partial charge in [-0.1, -0.05) is 23.2 Å². The lowest BCUT2D eigenvalue weighted by Crippen LogP contribution is -2.38. The summed E-state index contributed by atoms with van der Waals surface area (Å²) < 4.78 is 0. The van der Waals surface area contributed by atoms with Gasteiger partial charge in [0.25, 0.3) is 5.91 Å². The number of rotatable bonds is 3. The summed E-state index contributed by atoms with van der Waals surface area (Å²) in [7, 11) is 0. The van der Waals surface area contributed by atoms with Gasteiger partial charge in [-0.25, -0.2) is 0 Å². The van der Waals surface area contributed by atoms with E-state index in [1.54, 1.807) is 0 Å². The molecule has 0 bridgehead atoms. The van der Waals surface area contributed by atoms with Gasteiger partial charge in [0.2, 0.25) is 0 Å². The Morgan fingerprint density at radius 3 is 2.19 bits per heavy atom. The summed E-state index contributed by atoms with van der Waals surface area (Å²) in [5.74, 6) is -1.64. The first kappa shape index (κ1) is 12.8. The number of carboxylic acids is 1. The Labute approximate surface area is 102 Å². The Bertz CT molecular complexity index is 414. The molecule has 0 saturated carbocycles. The normalized spacial score (nSPS) is 11.9. The molecule has 0 aliphatic rings. The van der Waals surface area contributed by atoms with Crippen LogP contribution in [0.25, 0.3) is 0 Å². The maximum Gasteiger partial charge on any atom is 0.325 e. The van der Waals surface area contributed by atoms with Crippen LogP contribution in [0.4, 0.5) is 0 Å². The number of aliphatic carboxylic acids is 1. The minimum atomic E-state index is -1.11. The molecular weight excluding hydrogens is 253 g/mol. The first-order valence-corrected chi connectivity index (χ1v) is 5.15. The minimum Gasteiger partial charge on any atom is -0.480 e. The lowest BCUT2D eigenvalue weighted by molar-refractivity contribution is -0.138. The van der Waals surface area contributed by atoms with Crippen LogP contribution in [0.2, 0.25) is 10.0 Å². The van der Waals surface area contributed by atoms with E-state index in [2.05, 4.69) is 5.32 Å². The zero-order chi connectivity index (χ0) is 12.3. The smallest absolute Gasteiger partial charge is 0.325 e. The number of carboxylic acid groups (broad SMARTS) is 1. The van der Waals surface area contributed by atoms with Gasteiger partial charge in [-0.15, -0.1) is 0 Å². The molecule has 16 heavy (non-hydrogen) atoms. The summed E-state index contributed by atoms with van der Waals surface area (Å²) in [5.41, 5.74) is 0.227. The van der Waals surface area contributed by atoms with Gasteiger partial charge in [-0.2, -0.15) is 0 Å². The van der Waals surface area contributed by atoms with Gasteiger partial charge in [-0.05, 0) is 25.1 Å². The van der Waals surface area contributed by atoms with Gasteiger partial charge < -0.3 is 10.4 Å². The average Bonchev–Trinajstić information content (AvgIpc) is 2.15. The predicted molar refractivity (Wildman–Crippen MR) is 61.0 cm³/mol. The quantitative estimate of drug-likeness (QED) is 0.877. The molecule has 0 spiro atoms. The van der Waals surface area contributed by atoms with E-state index in [0.717, 1.165) is 0 Å². The van der Waals surface area contributed by atoms with Crippen molar-refractivity contribution in [2.75, 3.05) is 0 Å². The Kier molecular flexibility index (Phi) is 4.15. The number of halogens is 2. The number of carbonyl (C=O) groups excluding carboxylic acids is 1. The molecule has 0 aliphatic carbocycles. The third kappa shape index (κ3) is 3.40. The van der Waals surface area contributed by atoms with E-state index in [9.17, 15) is 9.59 Å². The van der Waals surface area contributed by atoms with Gasteiger partial charge in [0, 0.05) is 15.6 Å². The number of amides is 1. The van der Waals surface area contributed by atoms with Crippen LogP contribution in [0.1, 0.15) is 17.3 Å². The molecule has 1 atom stereocenters. The molecule has 0 heterocycles. The summed E-state index contributed by atoms with van der Waals surface area (Å²) in [6.45, 7) is 1.37. The minimum absolute atomic E-state index is 0.227. The number of carbonyl (C=O) groups is 2. The standard InChI is InChI=1S/C10H9Cl2NO3/c1-5(10(15)16)13-9(14)6-2-7(11)4-8(12)3-6/h2-5H,1H3,(H,13,14)(H,15,16). The molecule has 1 rings (SSSR count). The van der Waals surface area contributed by atoms with E-state index in [1.165, 1.54) is 25.1 Å². The maximum absolute atomic E-state index is 11.6. The fourth-order valence-electron chi connectivity index (χ4n) is 1.03. The molecule has 0 aliphatic heterocycles. The first-order chi connectivity index (χ1) is 7.40. The highest BCUT2D eigenvalue weighted by molar-refractivity contribution is 6.35. The van der Waals surface area contributed by atoms with Crippen LogP contribution in [0.5, 0.6) is 0 Å². The van der Waals surface area contributed by atoms with E-state index in [0.29, 0.717) is 10.0 Å². The van der Waals surface area contributed by atoms with E-state index < -0.39 is 17.9 Å². The van der Waals surface area contributed by atoms with Crippen molar-refractivity contribution < 1.29 is 14.7 Å². The lowest BCUT2D eigenvalue weighted by Gasteiger charge is -2.09. The van der Waals surface area contributed by atoms with E-state index in [1.807, 2.05) is 0 Å². The summed E-state index contributed by atoms with van der Waals surface area (Å²) >= 11 is 11.4. The Morgan fingerprint density at radius 2 is 1.75 bits per heavy atom. The van der Waals surface area contributed by atoms with E-state index >= 15 is 0 Å². The van der Waals surface area contributed by atoms with Crippen molar-refractivity contribution in [3.63, 3.8) is 0 Å². The zero-order valence-corrected chi connectivity index (χ0v) is 9.84. The molecular formula is C10H9Cl2NO3. The topological polar surface area (TPSA) is 66.4 Å². The molecule has 0 saturated heterocycles. The van der Waals surface area contributed by atoms with Gasteiger partial charge in [0.1, 0.15) is 6.04 Å². The lowest BCUT2D eigenvalue weighted by atomic mass is 10.2. The fraction of sp³-hybridized carbons (Fsp3) is 0.200. The molecule has 0 radical (unpaired) electrons. The monoisotopic (exact) mass is 261 g/mol. The zero-order valence-electron chi connectivity index (χ0n) is 8.33. The molecule has 1 amide bonds. The van der Waals surface area contributed by atoms with Crippen LogP contribution in [-0.4, -0.2) is 23.0 Å². The third-order valence-corrected chi connectivity index (χ3v) is 2.28. The molecule has 4 nitrogen and oxygen atoms in total. The summed E-state index contributed by atoms with van der Waals surface area (Å²) in [5, 5.41) is 11.6. The van der Waals surface area contributed by atoms with Crippen molar-refractivity contribution in [1.82, 2.24) is 5.32 Å². The molecule has 86 valence electrons. The number of hydrogen-bond acceptors (Lipinski definition) is 2. The van der Waals surface area contributed by atoms with Crippen molar-refractivity contribution in [2.45, 2.75) is 13.0 Å². The van der Waals surface area contributed by atoms with Gasteiger partial charge in [-0.3, -0.25) is 9.59 Å². The van der Waals surface area contributed by atoms with Crippen molar-refractivity contribution >= 4 is 35.1 Å². The second-order valence-electron chi connectivity index (χ2n) is 3.19. The first-order valence-electron chi connectivity index (χ1n) is 4.40. The molecule has 1 unspecified atom stereocenters. The van der Waals surface area contributed by atoms with Crippen molar-refractivity contribution in [2.24, 2.45) is 0 Å². The third-order valence-electron chi connectivity index (χ3n) is 1.84. The largest absolute Gasteiger partial charge is 0.480 e. The van der Waals surface area contributed by atoms with Crippen LogP contribution in [-0.2, 0) is 4.79 Å². The number of nitrogens with one attached hydrogen (secondary N) is 1. The molecule has 0 fully saturated rings. The molecule has 6 heteroatoms. The molecule has 1 aromatic carbocycles. The molecule has 0 aromatic heterocycles. The second-order valence-corrected chi connectivity index (χ2v) is 4.06. The second kappa shape index (κ2) is 5.18. The summed E-state index contributed by atoms with van der Waals surface area (Å²) in [6.07, 6.45) is 0. The van der Waals surface area contributed by atoms with Gasteiger partial charge in [0.05, 0.1) is 0 Å². The maximum atomic E-state index is 11.6. The molecule has 1 aromatic rings. The van der Waals surface area contributed by atoms with E-state index in [4.69, 9.17) is 28.3 Å². The van der Waals surface area contributed by atoms with Crippen molar-refractivity contribution in [1.29, 1.82) is 0 Å². The van der Waals surface area contributed by atoms with Crippen LogP contribution in [0, 0.1) is 0 Å². The van der Waals surface area contributed by atoms with Crippen LogP contribution < -0.4 is 5.32 Å². The number of hydrogen-bond donors (Lipinski definition) is 2. The van der Waals surface area contributed by atoms with Gasteiger partial charge in [0.15, 0.2) is 0 Å². The van der Waals surface area contributed by atoms with E-state index in [-0.39, 0.29) is 5.56 Å². The van der Waals surface area contributed by atoms with Crippen LogP contribution in [0.15, 0.2) is 18.2 Å². The van der Waals surface area contributed by atoms with Crippen molar-refractivity contribution in [3.8, 4) is 0 Å². The number of benzene rings is 1. The predicted octanol–water partition coefficient (Wildman–Crippen LogP) is 2.20. The highest BCUT2D eigenvalue weighted by atomic mass is 35.5.